The van der Waals surface area contributed by atoms with Crippen LogP contribution < -0.4 is 0 Å². The van der Waals surface area contributed by atoms with Crippen LogP contribution in [0.5, 0.6) is 0 Å². The molecule has 0 aromatic heterocycles. The van der Waals surface area contributed by atoms with Crippen LogP contribution in [0.15, 0.2) is 18.2 Å². The molecule has 1 aromatic carbocycles. The maximum Gasteiger partial charge on any atom is 0.226 e. The van der Waals surface area contributed by atoms with Crippen molar-refractivity contribution in [2.24, 2.45) is 11.3 Å². The van der Waals surface area contributed by atoms with E-state index in [4.69, 9.17) is 0 Å². The average Bonchev–Trinajstić information content (AvgIpc) is 3.09. The molecule has 1 heterocycles. The molecule has 23 heavy (non-hydrogen) atoms. The first kappa shape index (κ1) is 16.4. The summed E-state index contributed by atoms with van der Waals surface area (Å²) >= 11 is 0. The summed E-state index contributed by atoms with van der Waals surface area (Å²) in [7, 11) is 0. The molecule has 2 nitrogen and oxygen atoms in total. The minimum Gasteiger partial charge on any atom is -0.339 e. The van der Waals surface area contributed by atoms with E-state index >= 15 is 0 Å². The van der Waals surface area contributed by atoms with Gasteiger partial charge in [-0.05, 0) is 48.6 Å². The Labute approximate surface area is 136 Å². The zero-order chi connectivity index (χ0) is 16.8. The van der Waals surface area contributed by atoms with E-state index in [1.165, 1.54) is 12.1 Å². The van der Waals surface area contributed by atoms with Crippen molar-refractivity contribution in [2.75, 3.05) is 6.54 Å². The lowest BCUT2D eigenvalue weighted by Gasteiger charge is -2.30. The first-order valence-electron chi connectivity index (χ1n) is 8.52. The van der Waals surface area contributed by atoms with Gasteiger partial charge in [0, 0.05) is 24.6 Å². The minimum atomic E-state index is -0.570. The highest BCUT2D eigenvalue weighted by molar-refractivity contribution is 5.83. The van der Waals surface area contributed by atoms with Crippen LogP contribution in [0.25, 0.3) is 0 Å². The molecule has 0 spiro atoms. The molecule has 3 rings (SSSR count). The van der Waals surface area contributed by atoms with Crippen LogP contribution in [0.4, 0.5) is 8.78 Å². The zero-order valence-corrected chi connectivity index (χ0v) is 14.1. The summed E-state index contributed by atoms with van der Waals surface area (Å²) in [5.41, 5.74) is 0.677. The summed E-state index contributed by atoms with van der Waals surface area (Å²) in [6.45, 7) is 7.40. The van der Waals surface area contributed by atoms with E-state index in [-0.39, 0.29) is 23.2 Å². The van der Waals surface area contributed by atoms with Crippen molar-refractivity contribution >= 4 is 5.91 Å². The number of halogens is 2. The Morgan fingerprint density at radius 2 is 2.04 bits per heavy atom. The van der Waals surface area contributed by atoms with Crippen molar-refractivity contribution in [1.29, 1.82) is 0 Å². The molecule has 3 unspecified atom stereocenters. The number of carbonyl (C=O) groups is 1. The van der Waals surface area contributed by atoms with Gasteiger partial charge < -0.3 is 4.90 Å². The van der Waals surface area contributed by atoms with E-state index in [1.807, 2.05) is 4.90 Å². The average molecular weight is 321 g/mol. The third kappa shape index (κ3) is 3.56. The van der Waals surface area contributed by atoms with Gasteiger partial charge >= 0.3 is 0 Å². The topological polar surface area (TPSA) is 20.3 Å². The van der Waals surface area contributed by atoms with Crippen molar-refractivity contribution in [3.05, 3.63) is 35.4 Å². The molecule has 1 saturated carbocycles. The summed E-state index contributed by atoms with van der Waals surface area (Å²) in [5, 5.41) is 0. The highest BCUT2D eigenvalue weighted by Gasteiger charge is 2.48. The van der Waals surface area contributed by atoms with E-state index in [0.29, 0.717) is 18.0 Å². The molecule has 1 aromatic rings. The number of benzene rings is 1. The molecule has 126 valence electrons. The third-order valence-corrected chi connectivity index (χ3v) is 4.98. The Kier molecular flexibility index (Phi) is 4.19. The van der Waals surface area contributed by atoms with Gasteiger partial charge in [0.1, 0.15) is 11.6 Å². The number of nitrogens with zero attached hydrogens (tertiary/aromatic N) is 1. The fourth-order valence-electron chi connectivity index (χ4n) is 3.87. The maximum absolute atomic E-state index is 13.9. The second-order valence-electron chi connectivity index (χ2n) is 8.21. The lowest BCUT2D eigenvalue weighted by atomic mass is 9.87. The fraction of sp³-hybridized carbons (Fsp3) is 0.632. The largest absolute Gasteiger partial charge is 0.339 e. The molecule has 4 heteroatoms. The number of hydrogen-bond donors (Lipinski definition) is 0. The maximum atomic E-state index is 13.9. The van der Waals surface area contributed by atoms with Crippen molar-refractivity contribution in [2.45, 2.75) is 58.4 Å². The lowest BCUT2D eigenvalue weighted by molar-refractivity contribution is -0.133. The summed E-state index contributed by atoms with van der Waals surface area (Å²) in [6.07, 6.45) is 3.79. The van der Waals surface area contributed by atoms with Gasteiger partial charge in [0.15, 0.2) is 0 Å². The Morgan fingerprint density at radius 3 is 2.70 bits per heavy atom. The second kappa shape index (κ2) is 5.88. The summed E-state index contributed by atoms with van der Waals surface area (Å²) < 4.78 is 26.9. The van der Waals surface area contributed by atoms with Gasteiger partial charge in [-0.15, -0.1) is 0 Å². The Bertz CT molecular complexity index is 608. The van der Waals surface area contributed by atoms with Gasteiger partial charge in [-0.25, -0.2) is 8.78 Å². The van der Waals surface area contributed by atoms with Crippen LogP contribution in [0.2, 0.25) is 0 Å². The molecular weight excluding hydrogens is 296 g/mol. The Morgan fingerprint density at radius 1 is 1.30 bits per heavy atom. The number of carbonyl (C=O) groups excluding carboxylic acids is 1. The number of hydrogen-bond acceptors (Lipinski definition) is 1. The van der Waals surface area contributed by atoms with E-state index in [1.54, 1.807) is 0 Å². The first-order chi connectivity index (χ1) is 10.8. The summed E-state index contributed by atoms with van der Waals surface area (Å²) in [6, 6.07) is 3.98. The highest BCUT2D eigenvalue weighted by atomic mass is 19.1. The van der Waals surface area contributed by atoms with Crippen LogP contribution in [0, 0.1) is 23.0 Å². The summed E-state index contributed by atoms with van der Waals surface area (Å²) in [5.74, 6) is -1.16. The van der Waals surface area contributed by atoms with Gasteiger partial charge in [-0.1, -0.05) is 26.8 Å². The molecule has 0 bridgehead atoms. The smallest absolute Gasteiger partial charge is 0.226 e. The van der Waals surface area contributed by atoms with Crippen molar-refractivity contribution in [3.63, 3.8) is 0 Å². The van der Waals surface area contributed by atoms with Gasteiger partial charge in [0.05, 0.1) is 0 Å². The predicted octanol–water partition coefficient (Wildman–Crippen LogP) is 4.50. The van der Waals surface area contributed by atoms with E-state index < -0.39 is 11.6 Å². The predicted molar refractivity (Wildman–Crippen MR) is 86.0 cm³/mol. The van der Waals surface area contributed by atoms with Crippen LogP contribution in [-0.4, -0.2) is 23.4 Å². The SMILES string of the molecule is CC(C)(C)CC1CCCN1C(=O)C1CC1c1ccc(F)cc1F. The standard InChI is InChI=1S/C19H25F2NO/c1-19(2,3)11-13-5-4-8-22(13)18(23)16-10-15(16)14-7-6-12(20)9-17(14)21/h6-7,9,13,15-16H,4-5,8,10-11H2,1-3H3. The second-order valence-corrected chi connectivity index (χ2v) is 8.21. The molecule has 3 atom stereocenters. The summed E-state index contributed by atoms with van der Waals surface area (Å²) in [4.78, 5) is 14.8. The molecule has 1 saturated heterocycles. The molecule has 2 aliphatic rings. The number of rotatable bonds is 3. The minimum absolute atomic E-state index is 0.0843. The molecule has 1 amide bonds. The van der Waals surface area contributed by atoms with Crippen LogP contribution in [-0.2, 0) is 4.79 Å². The zero-order valence-electron chi connectivity index (χ0n) is 14.1. The highest BCUT2D eigenvalue weighted by Crippen LogP contribution is 2.50. The normalized spacial score (nSPS) is 27.3. The monoisotopic (exact) mass is 321 g/mol. The molecule has 1 aliphatic heterocycles. The third-order valence-electron chi connectivity index (χ3n) is 4.98. The molecule has 0 N–H and O–H groups in total. The van der Waals surface area contributed by atoms with E-state index in [2.05, 4.69) is 20.8 Å². The van der Waals surface area contributed by atoms with Crippen molar-refractivity contribution < 1.29 is 13.6 Å². The lowest BCUT2D eigenvalue weighted by Crippen LogP contribution is -2.38. The van der Waals surface area contributed by atoms with Crippen LogP contribution in [0.1, 0.15) is 57.9 Å². The Balaban J connectivity index is 1.68. The molecule has 1 aliphatic carbocycles. The fourth-order valence-corrected chi connectivity index (χ4v) is 3.87. The van der Waals surface area contributed by atoms with Gasteiger partial charge in [0.25, 0.3) is 0 Å². The molecule has 0 radical (unpaired) electrons. The number of amides is 1. The van der Waals surface area contributed by atoms with Crippen LogP contribution in [0.3, 0.4) is 0 Å². The molecular formula is C19H25F2NO. The van der Waals surface area contributed by atoms with Crippen molar-refractivity contribution in [3.8, 4) is 0 Å². The van der Waals surface area contributed by atoms with Gasteiger partial charge in [0.2, 0.25) is 5.91 Å². The quantitative estimate of drug-likeness (QED) is 0.803. The van der Waals surface area contributed by atoms with Gasteiger partial charge in [-0.2, -0.15) is 0 Å². The first-order valence-corrected chi connectivity index (χ1v) is 8.52. The molecule has 2 fully saturated rings. The van der Waals surface area contributed by atoms with Crippen LogP contribution >= 0.6 is 0 Å². The van der Waals surface area contributed by atoms with E-state index in [0.717, 1.165) is 31.9 Å². The number of likely N-dealkylation sites (tertiary alicyclic amines) is 1. The van der Waals surface area contributed by atoms with Gasteiger partial charge in [-0.3, -0.25) is 4.79 Å². The Hall–Kier alpha value is -1.45. The van der Waals surface area contributed by atoms with E-state index in [9.17, 15) is 13.6 Å². The van der Waals surface area contributed by atoms with Crippen molar-refractivity contribution in [1.82, 2.24) is 4.90 Å².